The molecule has 2 saturated heterocycles. The standard InChI is InChI=1S/C16H22O4/c1-14-5-4-6-15(2)12(14)9(19-13(15)18)8-16(3)10(14)7-11(17)20-16/h9-10,12H,4-8H2,1-3H3/t9-,10+,12+,14+,15+,16+/m0/s1. The number of hydrogen-bond donors (Lipinski definition) is 0. The van der Waals surface area contributed by atoms with Crippen molar-refractivity contribution in [1.82, 2.24) is 0 Å². The van der Waals surface area contributed by atoms with Crippen molar-refractivity contribution in [2.75, 3.05) is 0 Å². The third-order valence-electron chi connectivity index (χ3n) is 6.76. The van der Waals surface area contributed by atoms with Crippen molar-refractivity contribution in [2.45, 2.75) is 64.6 Å². The number of hydrogen-bond acceptors (Lipinski definition) is 4. The van der Waals surface area contributed by atoms with Crippen LogP contribution in [0.15, 0.2) is 0 Å². The summed E-state index contributed by atoms with van der Waals surface area (Å²) in [6.07, 6.45) is 4.11. The van der Waals surface area contributed by atoms with Crippen LogP contribution in [0.3, 0.4) is 0 Å². The van der Waals surface area contributed by atoms with Gasteiger partial charge in [-0.1, -0.05) is 13.3 Å². The van der Waals surface area contributed by atoms with E-state index in [4.69, 9.17) is 9.47 Å². The molecule has 6 atom stereocenters. The summed E-state index contributed by atoms with van der Waals surface area (Å²) >= 11 is 0. The zero-order valence-electron chi connectivity index (χ0n) is 12.4. The predicted molar refractivity (Wildman–Crippen MR) is 70.7 cm³/mol. The van der Waals surface area contributed by atoms with Gasteiger partial charge < -0.3 is 9.47 Å². The van der Waals surface area contributed by atoms with Gasteiger partial charge in [0.2, 0.25) is 0 Å². The molecule has 2 aliphatic carbocycles. The second kappa shape index (κ2) is 3.40. The first kappa shape index (κ1) is 12.7. The Morgan fingerprint density at radius 3 is 2.65 bits per heavy atom. The third kappa shape index (κ3) is 1.24. The molecule has 110 valence electrons. The Kier molecular flexibility index (Phi) is 2.15. The molecule has 4 nitrogen and oxygen atoms in total. The Morgan fingerprint density at radius 2 is 1.90 bits per heavy atom. The highest BCUT2D eigenvalue weighted by Gasteiger charge is 2.72. The van der Waals surface area contributed by atoms with E-state index in [0.29, 0.717) is 12.8 Å². The smallest absolute Gasteiger partial charge is 0.312 e. The average Bonchev–Trinajstić information content (AvgIpc) is 2.76. The Hall–Kier alpha value is -1.06. The maximum atomic E-state index is 12.4. The molecule has 4 heteroatoms. The van der Waals surface area contributed by atoms with Gasteiger partial charge in [0.25, 0.3) is 0 Å². The summed E-state index contributed by atoms with van der Waals surface area (Å²) in [7, 11) is 0. The summed E-state index contributed by atoms with van der Waals surface area (Å²) in [5.74, 6) is 0.340. The Bertz CT molecular complexity index is 515. The van der Waals surface area contributed by atoms with Crippen LogP contribution in [0.5, 0.6) is 0 Å². The van der Waals surface area contributed by atoms with Gasteiger partial charge in [-0.25, -0.2) is 0 Å². The van der Waals surface area contributed by atoms with Crippen molar-refractivity contribution < 1.29 is 19.1 Å². The quantitative estimate of drug-likeness (QED) is 0.639. The van der Waals surface area contributed by atoms with Gasteiger partial charge >= 0.3 is 11.9 Å². The van der Waals surface area contributed by atoms with Crippen LogP contribution in [0.1, 0.15) is 52.9 Å². The first-order valence-electron chi connectivity index (χ1n) is 7.73. The highest BCUT2D eigenvalue weighted by atomic mass is 16.6. The lowest BCUT2D eigenvalue weighted by Gasteiger charge is -2.57. The van der Waals surface area contributed by atoms with E-state index < -0.39 is 5.60 Å². The van der Waals surface area contributed by atoms with Crippen LogP contribution in [0.2, 0.25) is 0 Å². The number of rotatable bonds is 0. The third-order valence-corrected chi connectivity index (χ3v) is 6.76. The molecule has 2 aliphatic heterocycles. The van der Waals surface area contributed by atoms with Crippen molar-refractivity contribution >= 4 is 11.9 Å². The molecule has 4 aliphatic rings. The van der Waals surface area contributed by atoms with Gasteiger partial charge in [0.15, 0.2) is 0 Å². The molecule has 4 fully saturated rings. The molecule has 4 rings (SSSR count). The first-order chi connectivity index (χ1) is 9.30. The number of fused-ring (bicyclic) bond motifs is 2. The molecular weight excluding hydrogens is 256 g/mol. The Balaban J connectivity index is 1.85. The Morgan fingerprint density at radius 1 is 1.15 bits per heavy atom. The van der Waals surface area contributed by atoms with Gasteiger partial charge in [-0.2, -0.15) is 0 Å². The van der Waals surface area contributed by atoms with Crippen LogP contribution in [-0.2, 0) is 19.1 Å². The maximum absolute atomic E-state index is 12.4. The fourth-order valence-corrected chi connectivity index (χ4v) is 6.10. The first-order valence-corrected chi connectivity index (χ1v) is 7.73. The summed E-state index contributed by atoms with van der Waals surface area (Å²) in [4.78, 5) is 24.2. The molecular formula is C16H22O4. The van der Waals surface area contributed by atoms with E-state index in [1.807, 2.05) is 6.92 Å². The van der Waals surface area contributed by atoms with Crippen molar-refractivity contribution in [3.63, 3.8) is 0 Å². The number of esters is 2. The normalized spacial score (nSPS) is 56.9. The van der Waals surface area contributed by atoms with Gasteiger partial charge in [-0.3, -0.25) is 9.59 Å². The summed E-state index contributed by atoms with van der Waals surface area (Å²) < 4.78 is 11.4. The molecule has 0 N–H and O–H groups in total. The molecule has 0 aromatic rings. The van der Waals surface area contributed by atoms with Crippen LogP contribution in [0.4, 0.5) is 0 Å². The minimum absolute atomic E-state index is 0.0248. The van der Waals surface area contributed by atoms with E-state index in [0.717, 1.165) is 19.3 Å². The molecule has 0 amide bonds. The molecule has 0 bridgehead atoms. The molecule has 2 heterocycles. The van der Waals surface area contributed by atoms with Crippen LogP contribution in [0, 0.1) is 22.7 Å². The summed E-state index contributed by atoms with van der Waals surface area (Å²) in [6.45, 7) is 6.36. The largest absolute Gasteiger partial charge is 0.461 e. The van der Waals surface area contributed by atoms with Crippen LogP contribution in [0.25, 0.3) is 0 Å². The lowest BCUT2D eigenvalue weighted by molar-refractivity contribution is -0.172. The summed E-state index contributed by atoms with van der Waals surface area (Å²) in [5.41, 5.74) is -0.830. The molecule has 0 spiro atoms. The van der Waals surface area contributed by atoms with E-state index in [-0.39, 0.29) is 40.7 Å². The van der Waals surface area contributed by atoms with Crippen molar-refractivity contribution in [3.8, 4) is 0 Å². The molecule has 20 heavy (non-hydrogen) atoms. The number of carbonyl (C=O) groups excluding carboxylic acids is 2. The number of carbonyl (C=O) groups is 2. The molecule has 0 aromatic carbocycles. The van der Waals surface area contributed by atoms with E-state index >= 15 is 0 Å². The maximum Gasteiger partial charge on any atom is 0.312 e. The van der Waals surface area contributed by atoms with Gasteiger partial charge in [0.05, 0.1) is 11.8 Å². The SMILES string of the molecule is C[C@@]12CCC[C@@]3(C)C(=O)O[C@@H](C[C@@]4(C)OC(=O)C[C@H]14)[C@H]23. The van der Waals surface area contributed by atoms with Crippen molar-refractivity contribution in [2.24, 2.45) is 22.7 Å². The average molecular weight is 278 g/mol. The fraction of sp³-hybridized carbons (Fsp3) is 0.875. The second-order valence-corrected chi connectivity index (χ2v) is 7.95. The fourth-order valence-electron chi connectivity index (χ4n) is 6.10. The molecule has 0 aromatic heterocycles. The summed E-state index contributed by atoms with van der Waals surface area (Å²) in [5, 5.41) is 0. The highest BCUT2D eigenvalue weighted by molar-refractivity contribution is 5.80. The molecule has 0 unspecified atom stereocenters. The molecule has 2 saturated carbocycles. The van der Waals surface area contributed by atoms with Crippen LogP contribution >= 0.6 is 0 Å². The zero-order chi connectivity index (χ0) is 14.3. The number of ether oxygens (including phenoxy) is 2. The Labute approximate surface area is 119 Å². The van der Waals surface area contributed by atoms with Crippen LogP contribution < -0.4 is 0 Å². The van der Waals surface area contributed by atoms with E-state index in [1.165, 1.54) is 0 Å². The van der Waals surface area contributed by atoms with E-state index in [9.17, 15) is 9.59 Å². The van der Waals surface area contributed by atoms with Gasteiger partial charge in [-0.05, 0) is 32.1 Å². The van der Waals surface area contributed by atoms with Crippen molar-refractivity contribution in [1.29, 1.82) is 0 Å². The lowest BCUT2D eigenvalue weighted by Crippen LogP contribution is -2.59. The minimum Gasteiger partial charge on any atom is -0.461 e. The topological polar surface area (TPSA) is 52.6 Å². The predicted octanol–water partition coefficient (Wildman–Crippen LogP) is 2.45. The molecule has 0 radical (unpaired) electrons. The second-order valence-electron chi connectivity index (χ2n) is 7.95. The van der Waals surface area contributed by atoms with Crippen LogP contribution in [-0.4, -0.2) is 23.6 Å². The zero-order valence-corrected chi connectivity index (χ0v) is 12.4. The minimum atomic E-state index is -0.449. The van der Waals surface area contributed by atoms with Gasteiger partial charge in [0.1, 0.15) is 11.7 Å². The van der Waals surface area contributed by atoms with E-state index in [2.05, 4.69) is 13.8 Å². The monoisotopic (exact) mass is 278 g/mol. The van der Waals surface area contributed by atoms with Gasteiger partial charge in [0, 0.05) is 18.3 Å². The van der Waals surface area contributed by atoms with Gasteiger partial charge in [-0.15, -0.1) is 0 Å². The summed E-state index contributed by atoms with van der Waals surface area (Å²) in [6, 6.07) is 0. The van der Waals surface area contributed by atoms with Crippen molar-refractivity contribution in [3.05, 3.63) is 0 Å². The highest BCUT2D eigenvalue weighted by Crippen LogP contribution is 2.68. The van der Waals surface area contributed by atoms with E-state index in [1.54, 1.807) is 0 Å². The lowest BCUT2D eigenvalue weighted by atomic mass is 9.45.